The number of aryl methyl sites for hydroxylation is 4. The van der Waals surface area contributed by atoms with Crippen molar-refractivity contribution in [1.82, 2.24) is 0 Å². The summed E-state index contributed by atoms with van der Waals surface area (Å²) in [7, 11) is 0. The molecule has 0 unspecified atom stereocenters. The molecule has 0 saturated carbocycles. The number of rotatable bonds is 6. The molecule has 0 nitrogen and oxygen atoms in total. The molecule has 0 aromatic heterocycles. The minimum atomic E-state index is 1.05. The Bertz CT molecular complexity index is 2160. The molecule has 0 fully saturated rings. The molecule has 0 spiro atoms. The average molecular weight is 607 g/mol. The van der Waals surface area contributed by atoms with Gasteiger partial charge in [-0.25, -0.2) is 0 Å². The first-order valence-electron chi connectivity index (χ1n) is 16.3. The summed E-state index contributed by atoms with van der Waals surface area (Å²) in [5.41, 5.74) is 17.5. The predicted molar refractivity (Wildman–Crippen MR) is 207 cm³/mol. The first-order valence-corrected chi connectivity index (χ1v) is 16.3. The Labute approximate surface area is 280 Å². The highest BCUT2D eigenvalue weighted by atomic mass is 14.2. The SMILES string of the molecule is C=Cc1c(-c2ccc(C)cc2)cc(-c2ccc(C)cc2)c2ccccc2c(-c2ccc(C)cc2)c(C)c(-c2ccc(C)cc2)c1C=C. The Morgan fingerprint density at radius 3 is 1.21 bits per heavy atom. The monoisotopic (exact) mass is 606 g/mol. The molecule has 0 bridgehead atoms. The number of fused-ring (bicyclic) bond motifs is 1. The average Bonchev–Trinajstić information content (AvgIpc) is 3.08. The predicted octanol–water partition coefficient (Wildman–Crippen LogP) is 13.5. The molecule has 0 heterocycles. The third kappa shape index (κ3) is 6.33. The highest BCUT2D eigenvalue weighted by Gasteiger charge is 2.18. The van der Waals surface area contributed by atoms with Crippen molar-refractivity contribution in [2.45, 2.75) is 34.6 Å². The molecule has 0 atom stereocenters. The van der Waals surface area contributed by atoms with E-state index in [-0.39, 0.29) is 0 Å². The second kappa shape index (κ2) is 13.5. The van der Waals surface area contributed by atoms with Crippen LogP contribution < -0.4 is 0 Å². The molecule has 0 aliphatic carbocycles. The molecule has 0 aliphatic rings. The van der Waals surface area contributed by atoms with Crippen LogP contribution in [-0.4, -0.2) is 0 Å². The third-order valence-corrected chi connectivity index (χ3v) is 9.19. The number of benzene rings is 5. The van der Waals surface area contributed by atoms with E-state index in [1.165, 1.54) is 55.3 Å². The van der Waals surface area contributed by atoms with Crippen molar-refractivity contribution in [1.29, 1.82) is 0 Å². The first kappa shape index (κ1) is 31.5. The van der Waals surface area contributed by atoms with Crippen LogP contribution in [0.2, 0.25) is 0 Å². The largest absolute Gasteiger partial charge is 0.0984 e. The summed E-state index contributed by atoms with van der Waals surface area (Å²) < 4.78 is 0. The molecule has 6 aromatic rings. The second-order valence-corrected chi connectivity index (χ2v) is 12.6. The molecule has 0 heteroatoms. The lowest BCUT2D eigenvalue weighted by molar-refractivity contribution is 1.42. The summed E-state index contributed by atoms with van der Waals surface area (Å²) in [6.45, 7) is 19.7. The third-order valence-electron chi connectivity index (χ3n) is 9.19. The van der Waals surface area contributed by atoms with Gasteiger partial charge in [0.15, 0.2) is 0 Å². The second-order valence-electron chi connectivity index (χ2n) is 12.6. The zero-order valence-corrected chi connectivity index (χ0v) is 28.2. The van der Waals surface area contributed by atoms with Crippen LogP contribution in [0.25, 0.3) is 67.4 Å². The van der Waals surface area contributed by atoms with E-state index >= 15 is 0 Å². The Balaban J connectivity index is 1.98. The molecule has 6 rings (SSSR count). The standard InChI is InChI=1S/C47H42/c1-8-40-41(9-2)46(38-26-18-33(5)19-27-38)35(7)47(39-28-20-34(6)21-29-39)43-13-11-10-12-42(43)45(37-24-16-32(4)17-25-37)30-44(40)36-22-14-31(3)15-23-36/h8-30H,1-2H2,3-7H3. The fourth-order valence-corrected chi connectivity index (χ4v) is 6.60. The van der Waals surface area contributed by atoms with Crippen molar-refractivity contribution in [3.05, 3.63) is 179 Å². The first-order chi connectivity index (χ1) is 22.8. The van der Waals surface area contributed by atoms with Gasteiger partial charge in [0.2, 0.25) is 0 Å². The summed E-state index contributed by atoms with van der Waals surface area (Å²) in [5.74, 6) is 0. The van der Waals surface area contributed by atoms with E-state index in [1.54, 1.807) is 0 Å². The van der Waals surface area contributed by atoms with Gasteiger partial charge in [0.1, 0.15) is 0 Å². The van der Waals surface area contributed by atoms with Gasteiger partial charge in [-0.1, -0.05) is 169 Å². The van der Waals surface area contributed by atoms with Crippen LogP contribution in [0.5, 0.6) is 0 Å². The van der Waals surface area contributed by atoms with Gasteiger partial charge in [-0.15, -0.1) is 0 Å². The topological polar surface area (TPSA) is 0 Å². The molecular formula is C47H42. The fraction of sp³-hybridized carbons (Fsp3) is 0.106. The molecule has 0 amide bonds. The zero-order valence-electron chi connectivity index (χ0n) is 28.2. The Hall–Kier alpha value is -5.46. The van der Waals surface area contributed by atoms with Crippen LogP contribution in [0, 0.1) is 34.6 Å². The van der Waals surface area contributed by atoms with Gasteiger partial charge in [-0.05, 0) is 113 Å². The van der Waals surface area contributed by atoms with Gasteiger partial charge < -0.3 is 0 Å². The maximum atomic E-state index is 4.44. The van der Waals surface area contributed by atoms with Gasteiger partial charge in [0.25, 0.3) is 0 Å². The van der Waals surface area contributed by atoms with Gasteiger partial charge in [-0.2, -0.15) is 0 Å². The van der Waals surface area contributed by atoms with E-state index < -0.39 is 0 Å². The van der Waals surface area contributed by atoms with Crippen LogP contribution in [-0.2, 0) is 0 Å². The zero-order chi connectivity index (χ0) is 33.1. The molecule has 230 valence electrons. The molecule has 6 aromatic carbocycles. The molecular weight excluding hydrogens is 565 g/mol. The summed E-state index contributed by atoms with van der Waals surface area (Å²) in [6, 6.07) is 46.8. The summed E-state index contributed by atoms with van der Waals surface area (Å²) in [5, 5.41) is 2.38. The Kier molecular flexibility index (Phi) is 9.05. The molecule has 0 saturated heterocycles. The highest BCUT2D eigenvalue weighted by molar-refractivity contribution is 6.06. The lowest BCUT2D eigenvalue weighted by Crippen LogP contribution is -1.96. The maximum Gasteiger partial charge on any atom is -0.00695 e. The van der Waals surface area contributed by atoms with Crippen molar-refractivity contribution >= 4 is 22.9 Å². The van der Waals surface area contributed by atoms with E-state index in [1.807, 2.05) is 12.2 Å². The molecule has 0 N–H and O–H groups in total. The van der Waals surface area contributed by atoms with Crippen LogP contribution >= 0.6 is 0 Å². The Morgan fingerprint density at radius 1 is 0.383 bits per heavy atom. The maximum absolute atomic E-state index is 4.44. The highest BCUT2D eigenvalue weighted by Crippen LogP contribution is 2.42. The van der Waals surface area contributed by atoms with Crippen molar-refractivity contribution in [2.75, 3.05) is 0 Å². The normalized spacial score (nSPS) is 10.8. The minimum Gasteiger partial charge on any atom is -0.0984 e. The van der Waals surface area contributed by atoms with Crippen LogP contribution in [0.4, 0.5) is 0 Å². The number of hydrogen-bond donors (Lipinski definition) is 0. The van der Waals surface area contributed by atoms with E-state index in [0.29, 0.717) is 0 Å². The van der Waals surface area contributed by atoms with Crippen molar-refractivity contribution in [3.63, 3.8) is 0 Å². The van der Waals surface area contributed by atoms with E-state index in [9.17, 15) is 0 Å². The van der Waals surface area contributed by atoms with Crippen molar-refractivity contribution in [3.8, 4) is 44.5 Å². The van der Waals surface area contributed by atoms with Crippen LogP contribution in [0.3, 0.4) is 0 Å². The Morgan fingerprint density at radius 2 is 0.766 bits per heavy atom. The van der Waals surface area contributed by atoms with E-state index in [2.05, 4.69) is 175 Å². The van der Waals surface area contributed by atoms with E-state index in [0.717, 1.165) is 38.9 Å². The minimum absolute atomic E-state index is 1.05. The fourth-order valence-electron chi connectivity index (χ4n) is 6.60. The molecule has 0 radical (unpaired) electrons. The number of hydrogen-bond acceptors (Lipinski definition) is 0. The van der Waals surface area contributed by atoms with E-state index in [4.69, 9.17) is 0 Å². The van der Waals surface area contributed by atoms with Crippen LogP contribution in [0.15, 0.2) is 141 Å². The lowest BCUT2D eigenvalue weighted by Gasteiger charge is -2.20. The van der Waals surface area contributed by atoms with Gasteiger partial charge in [0, 0.05) is 0 Å². The summed E-state index contributed by atoms with van der Waals surface area (Å²) in [6.07, 6.45) is 4.03. The van der Waals surface area contributed by atoms with Crippen LogP contribution in [0.1, 0.15) is 38.9 Å². The molecule has 47 heavy (non-hydrogen) atoms. The smallest absolute Gasteiger partial charge is 0.00695 e. The van der Waals surface area contributed by atoms with Crippen molar-refractivity contribution < 1.29 is 0 Å². The summed E-state index contributed by atoms with van der Waals surface area (Å²) in [4.78, 5) is 0. The van der Waals surface area contributed by atoms with Gasteiger partial charge in [-0.3, -0.25) is 0 Å². The van der Waals surface area contributed by atoms with Gasteiger partial charge in [0.05, 0.1) is 0 Å². The molecule has 0 aliphatic heterocycles. The lowest BCUT2D eigenvalue weighted by atomic mass is 9.84. The van der Waals surface area contributed by atoms with Crippen molar-refractivity contribution in [2.24, 2.45) is 0 Å². The quantitative estimate of drug-likeness (QED) is 0.177. The summed E-state index contributed by atoms with van der Waals surface area (Å²) >= 11 is 0. The van der Waals surface area contributed by atoms with Gasteiger partial charge >= 0.3 is 0 Å².